The molecule has 0 aliphatic carbocycles. The monoisotopic (exact) mass is 351 g/mol. The highest BCUT2D eigenvalue weighted by molar-refractivity contribution is 6.34. The van der Waals surface area contributed by atoms with Gasteiger partial charge in [0, 0.05) is 24.7 Å². The smallest absolute Gasteiger partial charge is 0.276 e. The third kappa shape index (κ3) is 3.86. The number of hydrogen-bond acceptors (Lipinski definition) is 5. The molecule has 2 aromatic rings. The molecule has 0 atom stereocenters. The highest BCUT2D eigenvalue weighted by Crippen LogP contribution is 2.36. The van der Waals surface area contributed by atoms with Crippen molar-refractivity contribution in [2.75, 3.05) is 19.5 Å². The minimum Gasteiger partial charge on any atom is -0.493 e. The van der Waals surface area contributed by atoms with Gasteiger partial charge in [-0.1, -0.05) is 18.5 Å². The lowest BCUT2D eigenvalue weighted by Gasteiger charge is -2.12. The van der Waals surface area contributed by atoms with Crippen molar-refractivity contribution in [2.45, 2.75) is 19.9 Å². The van der Waals surface area contributed by atoms with Crippen LogP contribution < -0.4 is 20.3 Å². The van der Waals surface area contributed by atoms with Gasteiger partial charge in [0.25, 0.3) is 11.5 Å². The average molecular weight is 352 g/mol. The molecule has 24 heavy (non-hydrogen) atoms. The first kappa shape index (κ1) is 17.8. The summed E-state index contributed by atoms with van der Waals surface area (Å²) in [7, 11) is 2.98. The molecule has 1 heterocycles. The van der Waals surface area contributed by atoms with Crippen molar-refractivity contribution in [1.29, 1.82) is 0 Å². The Morgan fingerprint density at radius 3 is 2.54 bits per heavy atom. The van der Waals surface area contributed by atoms with Crippen molar-refractivity contribution in [3.63, 3.8) is 0 Å². The molecule has 1 N–H and O–H groups in total. The molecule has 0 fully saturated rings. The Balaban J connectivity index is 2.30. The largest absolute Gasteiger partial charge is 0.493 e. The summed E-state index contributed by atoms with van der Waals surface area (Å²) >= 11 is 6.15. The number of aromatic nitrogens is 2. The molecule has 1 aromatic heterocycles. The van der Waals surface area contributed by atoms with Crippen LogP contribution >= 0.6 is 11.6 Å². The molecule has 0 aliphatic rings. The number of hydrogen-bond donors (Lipinski definition) is 1. The topological polar surface area (TPSA) is 82.5 Å². The van der Waals surface area contributed by atoms with Crippen molar-refractivity contribution in [3.05, 3.63) is 45.3 Å². The highest BCUT2D eigenvalue weighted by atomic mass is 35.5. The van der Waals surface area contributed by atoms with E-state index in [4.69, 9.17) is 21.1 Å². The number of benzene rings is 1. The maximum Gasteiger partial charge on any atom is 0.276 e. The summed E-state index contributed by atoms with van der Waals surface area (Å²) in [4.78, 5) is 24.0. The second-order valence-corrected chi connectivity index (χ2v) is 5.33. The Kier molecular flexibility index (Phi) is 5.81. The summed E-state index contributed by atoms with van der Waals surface area (Å²) in [5, 5.41) is 7.01. The first-order valence-corrected chi connectivity index (χ1v) is 7.69. The second kappa shape index (κ2) is 7.83. The summed E-state index contributed by atoms with van der Waals surface area (Å²) in [5.41, 5.74) is 0.223. The van der Waals surface area contributed by atoms with Crippen LogP contribution in [0.3, 0.4) is 0 Å². The van der Waals surface area contributed by atoms with Gasteiger partial charge in [0.1, 0.15) is 5.69 Å². The van der Waals surface area contributed by atoms with E-state index in [-0.39, 0.29) is 11.3 Å². The fourth-order valence-corrected chi connectivity index (χ4v) is 2.28. The summed E-state index contributed by atoms with van der Waals surface area (Å²) in [6, 6.07) is 5.79. The third-order valence-electron chi connectivity index (χ3n) is 3.26. The second-order valence-electron chi connectivity index (χ2n) is 4.92. The van der Waals surface area contributed by atoms with Gasteiger partial charge in [-0.2, -0.15) is 5.10 Å². The lowest BCUT2D eigenvalue weighted by Crippen LogP contribution is -2.26. The van der Waals surface area contributed by atoms with Gasteiger partial charge >= 0.3 is 0 Å². The Hall–Kier alpha value is -2.54. The third-order valence-corrected chi connectivity index (χ3v) is 3.57. The van der Waals surface area contributed by atoms with Crippen LogP contribution in [0.1, 0.15) is 23.8 Å². The van der Waals surface area contributed by atoms with E-state index in [9.17, 15) is 9.59 Å². The fourth-order valence-electron chi connectivity index (χ4n) is 2.08. The molecule has 0 spiro atoms. The van der Waals surface area contributed by atoms with Crippen LogP contribution in [-0.2, 0) is 6.54 Å². The van der Waals surface area contributed by atoms with Crippen LogP contribution in [-0.4, -0.2) is 29.9 Å². The molecule has 128 valence electrons. The van der Waals surface area contributed by atoms with Crippen LogP contribution in [0.5, 0.6) is 11.5 Å². The van der Waals surface area contributed by atoms with Gasteiger partial charge in [0.2, 0.25) is 0 Å². The molecule has 2 rings (SSSR count). The van der Waals surface area contributed by atoms with Crippen LogP contribution in [0.15, 0.2) is 29.1 Å². The maximum absolute atomic E-state index is 12.4. The van der Waals surface area contributed by atoms with Crippen LogP contribution in [0.2, 0.25) is 5.02 Å². The van der Waals surface area contributed by atoms with Gasteiger partial charge in [-0.05, 0) is 12.5 Å². The normalized spacial score (nSPS) is 10.3. The van der Waals surface area contributed by atoms with Crippen LogP contribution in [0.4, 0.5) is 5.69 Å². The van der Waals surface area contributed by atoms with E-state index in [2.05, 4.69) is 10.4 Å². The number of halogens is 1. The number of aryl methyl sites for hydroxylation is 1. The molecule has 0 saturated heterocycles. The van der Waals surface area contributed by atoms with Crippen LogP contribution in [0.25, 0.3) is 0 Å². The van der Waals surface area contributed by atoms with Crippen molar-refractivity contribution in [3.8, 4) is 11.5 Å². The lowest BCUT2D eigenvalue weighted by molar-refractivity contribution is 0.101. The summed E-state index contributed by atoms with van der Waals surface area (Å²) < 4.78 is 11.6. The average Bonchev–Trinajstić information content (AvgIpc) is 2.58. The van der Waals surface area contributed by atoms with E-state index in [0.29, 0.717) is 28.8 Å². The van der Waals surface area contributed by atoms with Gasteiger partial charge in [0.15, 0.2) is 11.5 Å². The molecule has 7 nitrogen and oxygen atoms in total. The molecular weight excluding hydrogens is 334 g/mol. The molecule has 0 unspecified atom stereocenters. The Morgan fingerprint density at radius 1 is 1.25 bits per heavy atom. The first-order valence-electron chi connectivity index (χ1n) is 7.31. The number of methoxy groups -OCH3 is 2. The Bertz CT molecular complexity index is 804. The summed E-state index contributed by atoms with van der Waals surface area (Å²) in [6.07, 6.45) is 0.736. The zero-order chi connectivity index (χ0) is 17.7. The Labute approximate surface area is 144 Å². The predicted molar refractivity (Wildman–Crippen MR) is 91.3 cm³/mol. The minimum absolute atomic E-state index is 0.119. The molecule has 0 aliphatic heterocycles. The molecule has 0 saturated carbocycles. The quantitative estimate of drug-likeness (QED) is 0.864. The number of nitrogens with one attached hydrogen (secondary N) is 1. The predicted octanol–water partition coefficient (Wildman–Crippen LogP) is 2.58. The summed E-state index contributed by atoms with van der Waals surface area (Å²) in [6.45, 7) is 2.36. The van der Waals surface area contributed by atoms with E-state index in [0.717, 1.165) is 6.42 Å². The van der Waals surface area contributed by atoms with E-state index < -0.39 is 5.91 Å². The van der Waals surface area contributed by atoms with Gasteiger partial charge in [-0.3, -0.25) is 9.59 Å². The fraction of sp³-hybridized carbons (Fsp3) is 0.312. The van der Waals surface area contributed by atoms with E-state index in [1.807, 2.05) is 6.92 Å². The first-order chi connectivity index (χ1) is 11.5. The number of carbonyl (C=O) groups excluding carboxylic acids is 1. The van der Waals surface area contributed by atoms with Gasteiger partial charge in [0.05, 0.1) is 24.9 Å². The van der Waals surface area contributed by atoms with Crippen molar-refractivity contribution < 1.29 is 14.3 Å². The molecule has 0 radical (unpaired) electrons. The van der Waals surface area contributed by atoms with Gasteiger partial charge < -0.3 is 14.8 Å². The minimum atomic E-state index is -0.478. The molecular formula is C16H18ClN3O4. The number of ether oxygens (including phenoxy) is 2. The SMILES string of the molecule is CCCn1nc(C(=O)Nc2cc(OC)c(OC)cc2Cl)ccc1=O. The van der Waals surface area contributed by atoms with Crippen molar-refractivity contribution in [2.24, 2.45) is 0 Å². The summed E-state index contributed by atoms with van der Waals surface area (Å²) in [5.74, 6) is 0.408. The standard InChI is InChI=1S/C16H18ClN3O4/c1-4-7-20-15(21)6-5-11(19-20)16(22)18-12-9-14(24-3)13(23-2)8-10(12)17/h5-6,8-9H,4,7H2,1-3H3,(H,18,22). The van der Waals surface area contributed by atoms with Crippen molar-refractivity contribution >= 4 is 23.2 Å². The molecule has 8 heteroatoms. The molecule has 1 amide bonds. The number of amides is 1. The van der Waals surface area contributed by atoms with Crippen molar-refractivity contribution in [1.82, 2.24) is 9.78 Å². The van der Waals surface area contributed by atoms with Gasteiger partial charge in [-0.25, -0.2) is 4.68 Å². The zero-order valence-electron chi connectivity index (χ0n) is 13.6. The maximum atomic E-state index is 12.4. The number of anilines is 1. The Morgan fingerprint density at radius 2 is 1.92 bits per heavy atom. The molecule has 1 aromatic carbocycles. The van der Waals surface area contributed by atoms with E-state index >= 15 is 0 Å². The van der Waals surface area contributed by atoms with Crippen LogP contribution in [0, 0.1) is 0 Å². The lowest BCUT2D eigenvalue weighted by atomic mass is 10.2. The van der Waals surface area contributed by atoms with Gasteiger partial charge in [-0.15, -0.1) is 0 Å². The van der Waals surface area contributed by atoms with E-state index in [1.54, 1.807) is 12.1 Å². The molecule has 0 bridgehead atoms. The zero-order valence-corrected chi connectivity index (χ0v) is 14.4. The van der Waals surface area contributed by atoms with E-state index in [1.165, 1.54) is 31.0 Å². The highest BCUT2D eigenvalue weighted by Gasteiger charge is 2.15. The number of nitrogens with zero attached hydrogens (tertiary/aromatic N) is 2. The number of rotatable bonds is 6. The number of carbonyl (C=O) groups is 1.